The van der Waals surface area contributed by atoms with Crippen molar-refractivity contribution in [3.63, 3.8) is 0 Å². The monoisotopic (exact) mass is 224 g/mol. The summed E-state index contributed by atoms with van der Waals surface area (Å²) in [5.74, 6) is -0.611. The Labute approximate surface area is 97.0 Å². The molecular formula is C12H20N2O2. The molecule has 4 heteroatoms. The first-order chi connectivity index (χ1) is 7.71. The molecule has 0 bridgehead atoms. The number of carbonyl (C=O) groups excluding carboxylic acids is 1. The van der Waals surface area contributed by atoms with Crippen LogP contribution in [0.4, 0.5) is 0 Å². The number of nitrogens with zero attached hydrogens (tertiary/aromatic N) is 1. The van der Waals surface area contributed by atoms with E-state index in [4.69, 9.17) is 10.00 Å². The van der Waals surface area contributed by atoms with Crippen molar-refractivity contribution in [2.45, 2.75) is 51.7 Å². The summed E-state index contributed by atoms with van der Waals surface area (Å²) in [6, 6.07) is 2.25. The lowest BCUT2D eigenvalue weighted by atomic mass is 9.88. The Morgan fingerprint density at radius 2 is 2.25 bits per heavy atom. The van der Waals surface area contributed by atoms with Crippen LogP contribution in [0.15, 0.2) is 0 Å². The smallest absolute Gasteiger partial charge is 0.237 e. The molecule has 0 aromatic rings. The number of hydrogen-bond donors (Lipinski definition) is 1. The highest BCUT2D eigenvalue weighted by atomic mass is 16.5. The highest BCUT2D eigenvalue weighted by Gasteiger charge is 2.32. The molecule has 0 spiro atoms. The fourth-order valence-corrected chi connectivity index (χ4v) is 1.90. The number of carbonyl (C=O) groups is 1. The first-order valence-electron chi connectivity index (χ1n) is 6.02. The van der Waals surface area contributed by atoms with Gasteiger partial charge in [-0.2, -0.15) is 5.26 Å². The summed E-state index contributed by atoms with van der Waals surface area (Å²) in [6.45, 7) is 4.67. The van der Waals surface area contributed by atoms with Crippen LogP contribution in [0.25, 0.3) is 0 Å². The lowest BCUT2D eigenvalue weighted by Gasteiger charge is -2.35. The lowest BCUT2D eigenvalue weighted by molar-refractivity contribution is -0.126. The third kappa shape index (κ3) is 3.49. The van der Waals surface area contributed by atoms with Crippen LogP contribution >= 0.6 is 0 Å². The zero-order valence-electron chi connectivity index (χ0n) is 10.0. The molecule has 1 unspecified atom stereocenters. The predicted molar refractivity (Wildman–Crippen MR) is 60.6 cm³/mol. The number of ether oxygens (including phenoxy) is 1. The van der Waals surface area contributed by atoms with E-state index in [9.17, 15) is 4.79 Å². The fourth-order valence-electron chi connectivity index (χ4n) is 1.90. The molecule has 0 aromatic heterocycles. The maximum Gasteiger partial charge on any atom is 0.237 e. The van der Waals surface area contributed by atoms with Gasteiger partial charge in [0.1, 0.15) is 5.92 Å². The molecule has 1 aliphatic rings. The number of nitrogens with one attached hydrogen (secondary N) is 1. The van der Waals surface area contributed by atoms with Crippen molar-refractivity contribution in [1.29, 1.82) is 5.26 Å². The van der Waals surface area contributed by atoms with Crippen LogP contribution in [0.3, 0.4) is 0 Å². The van der Waals surface area contributed by atoms with E-state index in [2.05, 4.69) is 5.32 Å². The van der Waals surface area contributed by atoms with Crippen molar-refractivity contribution in [1.82, 2.24) is 5.32 Å². The first-order valence-corrected chi connectivity index (χ1v) is 6.02. The lowest BCUT2D eigenvalue weighted by Crippen LogP contribution is -2.49. The quantitative estimate of drug-likeness (QED) is 0.745. The van der Waals surface area contributed by atoms with Gasteiger partial charge in [-0.3, -0.25) is 4.79 Å². The highest BCUT2D eigenvalue weighted by molar-refractivity contribution is 5.81. The molecule has 0 aliphatic heterocycles. The molecule has 1 aliphatic carbocycles. The van der Waals surface area contributed by atoms with Crippen LogP contribution in [-0.2, 0) is 9.53 Å². The van der Waals surface area contributed by atoms with E-state index >= 15 is 0 Å². The summed E-state index contributed by atoms with van der Waals surface area (Å²) in [5, 5.41) is 11.7. The SMILES string of the molecule is CCCC(C#N)C(=O)NC1CC(OCC)C1. The van der Waals surface area contributed by atoms with E-state index in [1.807, 2.05) is 19.9 Å². The average molecular weight is 224 g/mol. The molecule has 0 radical (unpaired) electrons. The number of hydrogen-bond acceptors (Lipinski definition) is 3. The van der Waals surface area contributed by atoms with Crippen LogP contribution in [0.2, 0.25) is 0 Å². The van der Waals surface area contributed by atoms with Gasteiger partial charge in [0.25, 0.3) is 0 Å². The molecule has 4 nitrogen and oxygen atoms in total. The molecule has 90 valence electrons. The molecule has 1 rings (SSSR count). The van der Waals surface area contributed by atoms with Gasteiger partial charge in [-0.1, -0.05) is 13.3 Å². The minimum Gasteiger partial charge on any atom is -0.378 e. The summed E-state index contributed by atoms with van der Waals surface area (Å²) in [4.78, 5) is 11.7. The molecule has 0 aromatic carbocycles. The van der Waals surface area contributed by atoms with E-state index < -0.39 is 5.92 Å². The van der Waals surface area contributed by atoms with E-state index in [-0.39, 0.29) is 11.9 Å². The van der Waals surface area contributed by atoms with Crippen molar-refractivity contribution in [3.05, 3.63) is 0 Å². The second-order valence-electron chi connectivity index (χ2n) is 4.22. The molecule has 16 heavy (non-hydrogen) atoms. The van der Waals surface area contributed by atoms with Gasteiger partial charge in [-0.05, 0) is 26.2 Å². The standard InChI is InChI=1S/C12H20N2O2/c1-3-5-9(8-13)12(15)14-10-6-11(7-10)16-4-2/h9-11H,3-7H2,1-2H3,(H,14,15). The molecule has 0 saturated heterocycles. The highest BCUT2D eigenvalue weighted by Crippen LogP contribution is 2.23. The summed E-state index contributed by atoms with van der Waals surface area (Å²) >= 11 is 0. The molecule has 1 saturated carbocycles. The van der Waals surface area contributed by atoms with Crippen molar-refractivity contribution in [3.8, 4) is 6.07 Å². The second-order valence-corrected chi connectivity index (χ2v) is 4.22. The molecule has 1 atom stereocenters. The van der Waals surface area contributed by atoms with Gasteiger partial charge in [-0.15, -0.1) is 0 Å². The average Bonchev–Trinajstić information content (AvgIpc) is 2.22. The Morgan fingerprint density at radius 1 is 1.56 bits per heavy atom. The van der Waals surface area contributed by atoms with Gasteiger partial charge in [0.15, 0.2) is 0 Å². The van der Waals surface area contributed by atoms with Gasteiger partial charge < -0.3 is 10.1 Å². The minimum absolute atomic E-state index is 0.121. The van der Waals surface area contributed by atoms with Gasteiger partial charge in [0.2, 0.25) is 5.91 Å². The van der Waals surface area contributed by atoms with Crippen molar-refractivity contribution < 1.29 is 9.53 Å². The zero-order chi connectivity index (χ0) is 12.0. The fraction of sp³-hybridized carbons (Fsp3) is 0.833. The largest absolute Gasteiger partial charge is 0.378 e. The third-order valence-corrected chi connectivity index (χ3v) is 2.89. The summed E-state index contributed by atoms with van der Waals surface area (Å²) in [6.07, 6.45) is 3.55. The second kappa shape index (κ2) is 6.49. The summed E-state index contributed by atoms with van der Waals surface area (Å²) < 4.78 is 5.41. The maximum absolute atomic E-state index is 11.7. The van der Waals surface area contributed by atoms with Crippen LogP contribution < -0.4 is 5.32 Å². The van der Waals surface area contributed by atoms with Gasteiger partial charge in [0.05, 0.1) is 12.2 Å². The zero-order valence-corrected chi connectivity index (χ0v) is 10.0. The Bertz CT molecular complexity index is 267. The van der Waals surface area contributed by atoms with Crippen LogP contribution in [0.1, 0.15) is 39.5 Å². The molecular weight excluding hydrogens is 204 g/mol. The minimum atomic E-state index is -0.490. The van der Waals surface area contributed by atoms with Crippen molar-refractivity contribution >= 4 is 5.91 Å². The van der Waals surface area contributed by atoms with E-state index in [1.165, 1.54) is 0 Å². The maximum atomic E-state index is 11.7. The Balaban J connectivity index is 2.23. The Kier molecular flexibility index (Phi) is 5.27. The molecule has 0 heterocycles. The first kappa shape index (κ1) is 13.0. The van der Waals surface area contributed by atoms with Crippen molar-refractivity contribution in [2.24, 2.45) is 5.92 Å². The van der Waals surface area contributed by atoms with E-state index in [0.29, 0.717) is 12.5 Å². The summed E-state index contributed by atoms with van der Waals surface area (Å²) in [7, 11) is 0. The number of amides is 1. The van der Waals surface area contributed by atoms with E-state index in [1.54, 1.807) is 0 Å². The molecule has 1 fully saturated rings. The van der Waals surface area contributed by atoms with E-state index in [0.717, 1.165) is 25.9 Å². The van der Waals surface area contributed by atoms with Crippen LogP contribution in [-0.4, -0.2) is 24.7 Å². The van der Waals surface area contributed by atoms with Crippen LogP contribution in [0, 0.1) is 17.2 Å². The topological polar surface area (TPSA) is 62.1 Å². The van der Waals surface area contributed by atoms with Gasteiger partial charge in [0, 0.05) is 12.6 Å². The Morgan fingerprint density at radius 3 is 2.75 bits per heavy atom. The van der Waals surface area contributed by atoms with Crippen molar-refractivity contribution in [2.75, 3.05) is 6.61 Å². The Hall–Kier alpha value is -1.08. The number of nitriles is 1. The van der Waals surface area contributed by atoms with Gasteiger partial charge in [-0.25, -0.2) is 0 Å². The third-order valence-electron chi connectivity index (χ3n) is 2.89. The predicted octanol–water partition coefficient (Wildman–Crippen LogP) is 1.61. The van der Waals surface area contributed by atoms with Gasteiger partial charge >= 0.3 is 0 Å². The normalized spacial score (nSPS) is 25.3. The summed E-state index contributed by atoms with van der Waals surface area (Å²) in [5.41, 5.74) is 0. The molecule has 1 N–H and O–H groups in total. The molecule has 1 amide bonds. The van der Waals surface area contributed by atoms with Crippen LogP contribution in [0.5, 0.6) is 0 Å². The number of rotatable bonds is 6.